The molecule has 0 saturated carbocycles. The van der Waals surface area contributed by atoms with Crippen molar-refractivity contribution >= 4 is 17.4 Å². The van der Waals surface area contributed by atoms with Gasteiger partial charge in [0, 0.05) is 19.3 Å². The monoisotopic (exact) mass is 278 g/mol. The van der Waals surface area contributed by atoms with Crippen LogP contribution in [-0.4, -0.2) is 30.3 Å². The topological polar surface area (TPSA) is 25.4 Å². The Bertz CT molecular complexity index is 475. The van der Waals surface area contributed by atoms with Gasteiger partial charge in [0.15, 0.2) is 0 Å². The Labute approximate surface area is 119 Å². The molecule has 0 unspecified atom stereocenters. The summed E-state index contributed by atoms with van der Waals surface area (Å²) in [7, 11) is 0. The summed E-state index contributed by atoms with van der Waals surface area (Å²) in [5.41, 5.74) is 1.44. The highest BCUT2D eigenvalue weighted by molar-refractivity contribution is 6.30. The van der Waals surface area contributed by atoms with Crippen LogP contribution in [0.4, 0.5) is 5.82 Å². The molecule has 0 radical (unpaired) electrons. The van der Waals surface area contributed by atoms with E-state index in [-0.39, 0.29) is 5.60 Å². The lowest BCUT2D eigenvalue weighted by atomic mass is 9.87. The van der Waals surface area contributed by atoms with Crippen molar-refractivity contribution in [2.75, 3.05) is 24.6 Å². The van der Waals surface area contributed by atoms with Crippen LogP contribution >= 0.6 is 11.6 Å². The van der Waals surface area contributed by atoms with E-state index in [1.807, 2.05) is 12.1 Å². The van der Waals surface area contributed by atoms with E-state index in [2.05, 4.69) is 22.9 Å². The predicted molar refractivity (Wildman–Crippen MR) is 77.8 cm³/mol. The van der Waals surface area contributed by atoms with Crippen molar-refractivity contribution in [1.29, 1.82) is 0 Å². The number of anilines is 1. The summed E-state index contributed by atoms with van der Waals surface area (Å²) in [4.78, 5) is 6.70. The molecule has 0 aromatic carbocycles. The molecule has 0 N–H and O–H groups in total. The summed E-state index contributed by atoms with van der Waals surface area (Å²) in [6.45, 7) is 5.04. The Morgan fingerprint density at radius 3 is 2.74 bits per heavy atom. The van der Waals surface area contributed by atoms with Gasteiger partial charge >= 0.3 is 0 Å². The minimum absolute atomic E-state index is 0.0226. The third-order valence-corrected chi connectivity index (χ3v) is 4.26. The lowest BCUT2D eigenvalue weighted by Gasteiger charge is -2.42. The lowest BCUT2D eigenvalue weighted by molar-refractivity contribution is -0.0326. The van der Waals surface area contributed by atoms with Crippen LogP contribution < -0.4 is 4.90 Å². The van der Waals surface area contributed by atoms with Gasteiger partial charge in [0.05, 0.1) is 17.2 Å². The molecule has 1 saturated heterocycles. The Balaban J connectivity index is 1.69. The largest absolute Gasteiger partial charge is 0.370 e. The van der Waals surface area contributed by atoms with Crippen LogP contribution in [0.2, 0.25) is 5.02 Å². The van der Waals surface area contributed by atoms with Gasteiger partial charge in [-0.2, -0.15) is 0 Å². The Morgan fingerprint density at radius 2 is 2.11 bits per heavy atom. The van der Waals surface area contributed by atoms with Crippen LogP contribution in [0.1, 0.15) is 26.2 Å². The zero-order valence-electron chi connectivity index (χ0n) is 11.2. The van der Waals surface area contributed by atoms with Crippen LogP contribution in [0.15, 0.2) is 30.0 Å². The summed E-state index contributed by atoms with van der Waals surface area (Å²) >= 11 is 5.87. The SMILES string of the molecule is CC1=CC2(CCN(c3ccc(Cl)cn3)CC2)OCC1. The number of hydrogen-bond acceptors (Lipinski definition) is 3. The molecule has 0 bridgehead atoms. The summed E-state index contributed by atoms with van der Waals surface area (Å²) in [6.07, 6.45) is 7.19. The van der Waals surface area contributed by atoms with Gasteiger partial charge in [0.2, 0.25) is 0 Å². The first-order valence-electron chi connectivity index (χ1n) is 6.86. The summed E-state index contributed by atoms with van der Waals surface area (Å²) in [5, 5.41) is 0.686. The third-order valence-electron chi connectivity index (χ3n) is 4.04. The second-order valence-corrected chi connectivity index (χ2v) is 5.91. The van der Waals surface area contributed by atoms with Gasteiger partial charge in [-0.1, -0.05) is 23.3 Å². The maximum atomic E-state index is 6.04. The van der Waals surface area contributed by atoms with Crippen LogP contribution in [0, 0.1) is 0 Å². The quantitative estimate of drug-likeness (QED) is 0.736. The molecule has 0 atom stereocenters. The van der Waals surface area contributed by atoms with Gasteiger partial charge in [-0.3, -0.25) is 0 Å². The van der Waals surface area contributed by atoms with E-state index in [1.54, 1.807) is 6.20 Å². The van der Waals surface area contributed by atoms with E-state index in [9.17, 15) is 0 Å². The second kappa shape index (κ2) is 5.14. The van der Waals surface area contributed by atoms with Crippen LogP contribution in [0.5, 0.6) is 0 Å². The summed E-state index contributed by atoms with van der Waals surface area (Å²) < 4.78 is 6.04. The first-order chi connectivity index (χ1) is 9.17. The van der Waals surface area contributed by atoms with E-state index in [0.29, 0.717) is 5.02 Å². The van der Waals surface area contributed by atoms with E-state index in [4.69, 9.17) is 16.3 Å². The zero-order chi connectivity index (χ0) is 13.3. The van der Waals surface area contributed by atoms with Crippen molar-refractivity contribution in [3.63, 3.8) is 0 Å². The highest BCUT2D eigenvalue weighted by Crippen LogP contribution is 2.34. The van der Waals surface area contributed by atoms with E-state index in [1.165, 1.54) is 5.57 Å². The highest BCUT2D eigenvalue weighted by Gasteiger charge is 2.35. The molecule has 0 aliphatic carbocycles. The molecule has 1 fully saturated rings. The Morgan fingerprint density at radius 1 is 1.32 bits per heavy atom. The Hall–Kier alpha value is -1.06. The molecule has 3 nitrogen and oxygen atoms in total. The highest BCUT2D eigenvalue weighted by atomic mass is 35.5. The molecule has 19 heavy (non-hydrogen) atoms. The predicted octanol–water partition coefficient (Wildman–Crippen LogP) is 3.44. The average molecular weight is 279 g/mol. The zero-order valence-corrected chi connectivity index (χ0v) is 12.0. The molecule has 0 amide bonds. The molecule has 3 heterocycles. The average Bonchev–Trinajstić information content (AvgIpc) is 2.41. The fraction of sp³-hybridized carbons (Fsp3) is 0.533. The number of halogens is 1. The smallest absolute Gasteiger partial charge is 0.128 e. The van der Waals surface area contributed by atoms with Crippen LogP contribution in [0.25, 0.3) is 0 Å². The fourth-order valence-corrected chi connectivity index (χ4v) is 3.05. The van der Waals surface area contributed by atoms with Crippen molar-refractivity contribution < 1.29 is 4.74 Å². The molecule has 2 aliphatic heterocycles. The molecule has 3 rings (SSSR count). The minimum Gasteiger partial charge on any atom is -0.370 e. The Kier molecular flexibility index (Phi) is 3.50. The van der Waals surface area contributed by atoms with Crippen molar-refractivity contribution in [3.05, 3.63) is 35.0 Å². The van der Waals surface area contributed by atoms with Gasteiger partial charge in [0.1, 0.15) is 5.82 Å². The fourth-order valence-electron chi connectivity index (χ4n) is 2.94. The standard InChI is InChI=1S/C15H19ClN2O/c1-12-4-9-19-15(10-12)5-7-18(8-6-15)14-3-2-13(16)11-17-14/h2-3,10-11H,4-9H2,1H3. The molecule has 1 aromatic rings. The molecule has 4 heteroatoms. The number of nitrogens with zero attached hydrogens (tertiary/aromatic N) is 2. The first-order valence-corrected chi connectivity index (χ1v) is 7.23. The van der Waals surface area contributed by atoms with Gasteiger partial charge in [-0.25, -0.2) is 4.98 Å². The van der Waals surface area contributed by atoms with Crippen LogP contribution in [-0.2, 0) is 4.74 Å². The molecule has 1 aromatic heterocycles. The van der Waals surface area contributed by atoms with E-state index < -0.39 is 0 Å². The van der Waals surface area contributed by atoms with E-state index in [0.717, 1.165) is 44.8 Å². The first kappa shape index (κ1) is 12.9. The molecular weight excluding hydrogens is 260 g/mol. The van der Waals surface area contributed by atoms with Gasteiger partial charge in [0.25, 0.3) is 0 Å². The maximum absolute atomic E-state index is 6.04. The summed E-state index contributed by atoms with van der Waals surface area (Å²) in [6, 6.07) is 3.89. The normalized spacial score (nSPS) is 22.4. The van der Waals surface area contributed by atoms with Gasteiger partial charge in [-0.15, -0.1) is 0 Å². The van der Waals surface area contributed by atoms with Crippen molar-refractivity contribution in [1.82, 2.24) is 4.98 Å². The third kappa shape index (κ3) is 2.77. The van der Waals surface area contributed by atoms with Gasteiger partial charge < -0.3 is 9.64 Å². The number of pyridine rings is 1. The molecular formula is C15H19ClN2O. The second-order valence-electron chi connectivity index (χ2n) is 5.48. The number of hydrogen-bond donors (Lipinski definition) is 0. The number of piperidine rings is 1. The van der Waals surface area contributed by atoms with Gasteiger partial charge in [-0.05, 0) is 38.3 Å². The van der Waals surface area contributed by atoms with E-state index >= 15 is 0 Å². The molecule has 102 valence electrons. The molecule has 2 aliphatic rings. The number of rotatable bonds is 1. The van der Waals surface area contributed by atoms with Crippen molar-refractivity contribution in [3.8, 4) is 0 Å². The summed E-state index contributed by atoms with van der Waals surface area (Å²) in [5.74, 6) is 1.01. The molecule has 1 spiro atoms. The van der Waals surface area contributed by atoms with Crippen LogP contribution in [0.3, 0.4) is 0 Å². The van der Waals surface area contributed by atoms with Crippen molar-refractivity contribution in [2.24, 2.45) is 0 Å². The lowest BCUT2D eigenvalue weighted by Crippen LogP contribution is -2.46. The maximum Gasteiger partial charge on any atom is 0.128 e. The minimum atomic E-state index is -0.0226. The number of aromatic nitrogens is 1. The van der Waals surface area contributed by atoms with Crippen molar-refractivity contribution in [2.45, 2.75) is 31.8 Å². The number of ether oxygens (including phenoxy) is 1.